The van der Waals surface area contributed by atoms with Gasteiger partial charge in [-0.1, -0.05) is 53.5 Å². The Kier molecular flexibility index (Phi) is 5.97. The number of hydrogen-bond acceptors (Lipinski definition) is 3. The van der Waals surface area contributed by atoms with Gasteiger partial charge < -0.3 is 4.74 Å². The summed E-state index contributed by atoms with van der Waals surface area (Å²) in [5, 5.41) is 1.25. The lowest BCUT2D eigenvalue weighted by atomic mass is 10.0. The van der Waals surface area contributed by atoms with Crippen LogP contribution in [0.15, 0.2) is 48.5 Å². The van der Waals surface area contributed by atoms with Crippen molar-refractivity contribution in [1.29, 1.82) is 0 Å². The van der Waals surface area contributed by atoms with Crippen LogP contribution in [0.1, 0.15) is 16.4 Å². The van der Waals surface area contributed by atoms with Crippen LogP contribution in [0.2, 0.25) is 10.0 Å². The number of benzene rings is 2. The van der Waals surface area contributed by atoms with Crippen LogP contribution in [-0.2, 0) is 9.53 Å². The zero-order chi connectivity index (χ0) is 15.2. The first-order valence-corrected chi connectivity index (χ1v) is 8.10. The van der Waals surface area contributed by atoms with Gasteiger partial charge >= 0.3 is 5.97 Å². The zero-order valence-electron chi connectivity index (χ0n) is 11.4. The highest BCUT2D eigenvalue weighted by Gasteiger charge is 2.19. The van der Waals surface area contributed by atoms with Gasteiger partial charge in [-0.15, -0.1) is 11.8 Å². The van der Waals surface area contributed by atoms with Crippen molar-refractivity contribution < 1.29 is 9.53 Å². The first kappa shape index (κ1) is 16.2. The number of methoxy groups -OCH3 is 1. The molecule has 0 bridgehead atoms. The predicted octanol–water partition coefficient (Wildman–Crippen LogP) is 4.99. The first-order valence-electron chi connectivity index (χ1n) is 6.30. The number of ether oxygens (including phenoxy) is 1. The van der Waals surface area contributed by atoms with Crippen molar-refractivity contribution in [2.75, 3.05) is 12.9 Å². The number of rotatable bonds is 5. The third-order valence-electron chi connectivity index (χ3n) is 2.93. The fraction of sp³-hybridized carbons (Fsp3) is 0.188. The largest absolute Gasteiger partial charge is 0.468 e. The molecule has 0 N–H and O–H groups in total. The van der Waals surface area contributed by atoms with E-state index in [1.165, 1.54) is 18.9 Å². The molecule has 0 saturated heterocycles. The van der Waals surface area contributed by atoms with Crippen LogP contribution in [-0.4, -0.2) is 18.8 Å². The molecule has 110 valence electrons. The highest BCUT2D eigenvalue weighted by atomic mass is 35.5. The molecule has 2 aromatic rings. The number of halogens is 2. The standard InChI is InChI=1S/C16H14Cl2O2S/c1-20-15(19)10-21-16(11-5-4-6-12(17)9-11)13-7-2-3-8-14(13)18/h2-9,16H,10H2,1H3. The summed E-state index contributed by atoms with van der Waals surface area (Å²) in [6, 6.07) is 15.2. The maximum Gasteiger partial charge on any atom is 0.315 e. The molecule has 0 aliphatic carbocycles. The fourth-order valence-electron chi connectivity index (χ4n) is 1.93. The highest BCUT2D eigenvalue weighted by Crippen LogP contribution is 2.39. The number of hydrogen-bond donors (Lipinski definition) is 0. The van der Waals surface area contributed by atoms with Crippen LogP contribution >= 0.6 is 35.0 Å². The van der Waals surface area contributed by atoms with E-state index >= 15 is 0 Å². The Morgan fingerprint density at radius 1 is 1.19 bits per heavy atom. The average molecular weight is 341 g/mol. The van der Waals surface area contributed by atoms with Crippen molar-refractivity contribution in [3.63, 3.8) is 0 Å². The lowest BCUT2D eigenvalue weighted by molar-refractivity contribution is -0.137. The quantitative estimate of drug-likeness (QED) is 0.717. The maximum absolute atomic E-state index is 11.4. The van der Waals surface area contributed by atoms with Crippen molar-refractivity contribution in [2.24, 2.45) is 0 Å². The van der Waals surface area contributed by atoms with Crippen molar-refractivity contribution in [1.82, 2.24) is 0 Å². The van der Waals surface area contributed by atoms with Gasteiger partial charge in [0.2, 0.25) is 0 Å². The van der Waals surface area contributed by atoms with E-state index < -0.39 is 0 Å². The van der Waals surface area contributed by atoms with E-state index in [0.717, 1.165) is 11.1 Å². The number of carbonyl (C=O) groups excluding carboxylic acids is 1. The van der Waals surface area contributed by atoms with Gasteiger partial charge in [0.25, 0.3) is 0 Å². The molecule has 0 spiro atoms. The third kappa shape index (κ3) is 4.40. The van der Waals surface area contributed by atoms with Crippen molar-refractivity contribution >= 4 is 40.9 Å². The van der Waals surface area contributed by atoms with E-state index in [1.54, 1.807) is 0 Å². The molecule has 1 unspecified atom stereocenters. The molecule has 0 aromatic heterocycles. The topological polar surface area (TPSA) is 26.3 Å². The summed E-state index contributed by atoms with van der Waals surface area (Å²) in [5.41, 5.74) is 1.96. The second kappa shape index (κ2) is 7.74. The molecule has 2 nitrogen and oxygen atoms in total. The van der Waals surface area contributed by atoms with Crippen molar-refractivity contribution in [3.8, 4) is 0 Å². The van der Waals surface area contributed by atoms with E-state index in [0.29, 0.717) is 10.0 Å². The molecule has 0 radical (unpaired) electrons. The van der Waals surface area contributed by atoms with Crippen LogP contribution < -0.4 is 0 Å². The van der Waals surface area contributed by atoms with Gasteiger partial charge in [0.15, 0.2) is 0 Å². The Labute approximate surface area is 138 Å². The smallest absolute Gasteiger partial charge is 0.315 e. The Hall–Kier alpha value is -1.16. The van der Waals surface area contributed by atoms with Gasteiger partial charge in [0.05, 0.1) is 18.1 Å². The first-order chi connectivity index (χ1) is 10.1. The minimum absolute atomic E-state index is 0.0727. The number of thioether (sulfide) groups is 1. The van der Waals surface area contributed by atoms with E-state index in [9.17, 15) is 4.79 Å². The minimum atomic E-state index is -0.265. The van der Waals surface area contributed by atoms with Crippen LogP contribution in [0, 0.1) is 0 Å². The Morgan fingerprint density at radius 2 is 1.95 bits per heavy atom. The predicted molar refractivity (Wildman–Crippen MR) is 89.2 cm³/mol. The molecule has 0 aliphatic heterocycles. The molecule has 0 amide bonds. The maximum atomic E-state index is 11.4. The molecule has 0 fully saturated rings. The molecule has 0 saturated carbocycles. The summed E-state index contributed by atoms with van der Waals surface area (Å²) >= 11 is 13.8. The van der Waals surface area contributed by atoms with E-state index in [-0.39, 0.29) is 17.0 Å². The van der Waals surface area contributed by atoms with Gasteiger partial charge in [0, 0.05) is 10.0 Å². The van der Waals surface area contributed by atoms with Gasteiger partial charge in [-0.3, -0.25) is 4.79 Å². The summed E-state index contributed by atoms with van der Waals surface area (Å²) in [4.78, 5) is 11.4. The monoisotopic (exact) mass is 340 g/mol. The Morgan fingerprint density at radius 3 is 2.62 bits per heavy atom. The van der Waals surface area contributed by atoms with E-state index in [1.807, 2.05) is 48.5 Å². The van der Waals surface area contributed by atoms with Crippen LogP contribution in [0.5, 0.6) is 0 Å². The highest BCUT2D eigenvalue weighted by molar-refractivity contribution is 8.00. The molecule has 2 aromatic carbocycles. The fourth-order valence-corrected chi connectivity index (χ4v) is 3.59. The molecule has 1 atom stereocenters. The zero-order valence-corrected chi connectivity index (χ0v) is 13.7. The normalized spacial score (nSPS) is 12.0. The van der Waals surface area contributed by atoms with Gasteiger partial charge in [-0.25, -0.2) is 0 Å². The molecule has 21 heavy (non-hydrogen) atoms. The second-order valence-corrected chi connectivity index (χ2v) is 6.28. The molecule has 0 heterocycles. The number of carbonyl (C=O) groups is 1. The molecular formula is C16H14Cl2O2S. The summed E-state index contributed by atoms with van der Waals surface area (Å²) in [6.45, 7) is 0. The van der Waals surface area contributed by atoms with E-state index in [2.05, 4.69) is 0 Å². The van der Waals surface area contributed by atoms with Crippen LogP contribution in [0.3, 0.4) is 0 Å². The van der Waals surface area contributed by atoms with Crippen LogP contribution in [0.4, 0.5) is 0 Å². The van der Waals surface area contributed by atoms with E-state index in [4.69, 9.17) is 27.9 Å². The van der Waals surface area contributed by atoms with Gasteiger partial charge in [-0.05, 0) is 29.3 Å². The molecular weight excluding hydrogens is 327 g/mol. The van der Waals surface area contributed by atoms with Crippen LogP contribution in [0.25, 0.3) is 0 Å². The molecule has 5 heteroatoms. The Bertz CT molecular complexity index is 631. The summed E-state index contributed by atoms with van der Waals surface area (Å²) < 4.78 is 4.71. The van der Waals surface area contributed by atoms with Crippen molar-refractivity contribution in [2.45, 2.75) is 5.25 Å². The van der Waals surface area contributed by atoms with Gasteiger partial charge in [0.1, 0.15) is 0 Å². The summed E-state index contributed by atoms with van der Waals surface area (Å²) in [7, 11) is 1.38. The summed E-state index contributed by atoms with van der Waals surface area (Å²) in [6.07, 6.45) is 0. The lowest BCUT2D eigenvalue weighted by Gasteiger charge is -2.18. The second-order valence-electron chi connectivity index (χ2n) is 4.34. The molecule has 2 rings (SSSR count). The van der Waals surface area contributed by atoms with Gasteiger partial charge in [-0.2, -0.15) is 0 Å². The Balaban J connectivity index is 2.35. The SMILES string of the molecule is COC(=O)CSC(c1cccc(Cl)c1)c1ccccc1Cl. The molecule has 0 aliphatic rings. The number of esters is 1. The summed E-state index contributed by atoms with van der Waals surface area (Å²) in [5.74, 6) is -0.0158. The minimum Gasteiger partial charge on any atom is -0.468 e. The van der Waals surface area contributed by atoms with Crippen molar-refractivity contribution in [3.05, 3.63) is 69.7 Å². The average Bonchev–Trinajstić information content (AvgIpc) is 2.49. The lowest BCUT2D eigenvalue weighted by Crippen LogP contribution is -2.07. The third-order valence-corrected chi connectivity index (χ3v) is 4.78.